The normalized spacial score (nSPS) is 20.2. The third-order valence-electron chi connectivity index (χ3n) is 5.33. The van der Waals surface area contributed by atoms with Crippen LogP contribution in [0.1, 0.15) is 42.9 Å². The zero-order chi connectivity index (χ0) is 18.6. The van der Waals surface area contributed by atoms with Crippen LogP contribution >= 0.6 is 0 Å². The van der Waals surface area contributed by atoms with Crippen molar-refractivity contribution in [2.24, 2.45) is 5.92 Å². The van der Waals surface area contributed by atoms with Crippen LogP contribution in [0.15, 0.2) is 48.9 Å². The van der Waals surface area contributed by atoms with E-state index in [1.807, 2.05) is 36.7 Å². The number of aromatic nitrogens is 3. The molecule has 1 aliphatic carbocycles. The minimum Gasteiger partial charge on any atom is -0.393 e. The molecule has 1 fully saturated rings. The monoisotopic (exact) mass is 364 g/mol. The molecule has 0 bridgehead atoms. The molecule has 1 saturated carbocycles. The standard InChI is InChI=1S/C21H24N4O2/c26-18-9-16(10-18)21(17-8-15-5-1-2-6-19(15)22-13-17)25-20(27)7-3-4-14-11-23-24-12-14/h1-2,5-6,8,11-13,16,18,21,26H,3-4,7,9-10H2,(H,23,24)(H,25,27)/t16?,18?,21-/m1/s1. The molecule has 140 valence electrons. The van der Waals surface area contributed by atoms with Gasteiger partial charge in [-0.05, 0) is 54.9 Å². The molecule has 0 unspecified atom stereocenters. The number of amides is 1. The highest BCUT2D eigenvalue weighted by Crippen LogP contribution is 2.38. The van der Waals surface area contributed by atoms with Crippen molar-refractivity contribution in [2.75, 3.05) is 0 Å². The first-order chi connectivity index (χ1) is 13.2. The molecule has 6 nitrogen and oxygen atoms in total. The Morgan fingerprint density at radius 3 is 2.93 bits per heavy atom. The van der Waals surface area contributed by atoms with Crippen LogP contribution in [0, 0.1) is 5.92 Å². The summed E-state index contributed by atoms with van der Waals surface area (Å²) in [5, 5.41) is 20.7. The molecule has 0 saturated heterocycles. The average Bonchev–Trinajstić information content (AvgIpc) is 3.17. The molecule has 2 aromatic heterocycles. The number of carbonyl (C=O) groups is 1. The molecule has 0 aliphatic heterocycles. The highest BCUT2D eigenvalue weighted by molar-refractivity contribution is 5.80. The van der Waals surface area contributed by atoms with Crippen LogP contribution in [0.25, 0.3) is 10.9 Å². The van der Waals surface area contributed by atoms with Gasteiger partial charge in [-0.15, -0.1) is 0 Å². The minimum atomic E-state index is -0.260. The van der Waals surface area contributed by atoms with Crippen molar-refractivity contribution in [3.05, 3.63) is 60.0 Å². The molecule has 2 heterocycles. The van der Waals surface area contributed by atoms with Crippen molar-refractivity contribution >= 4 is 16.8 Å². The molecule has 1 aromatic carbocycles. The van der Waals surface area contributed by atoms with Crippen LogP contribution in [-0.2, 0) is 11.2 Å². The van der Waals surface area contributed by atoms with E-state index in [2.05, 4.69) is 26.6 Å². The summed E-state index contributed by atoms with van der Waals surface area (Å²) in [4.78, 5) is 17.1. The van der Waals surface area contributed by atoms with Crippen LogP contribution in [0.2, 0.25) is 0 Å². The number of H-pyrrole nitrogens is 1. The predicted octanol–water partition coefficient (Wildman–Crippen LogP) is 2.91. The predicted molar refractivity (Wildman–Crippen MR) is 103 cm³/mol. The van der Waals surface area contributed by atoms with Gasteiger partial charge in [0.2, 0.25) is 5.91 Å². The number of hydrogen-bond donors (Lipinski definition) is 3. The lowest BCUT2D eigenvalue weighted by Gasteiger charge is -2.38. The topological polar surface area (TPSA) is 90.9 Å². The number of aryl methyl sites for hydroxylation is 1. The van der Waals surface area contributed by atoms with Gasteiger partial charge in [0.05, 0.1) is 23.9 Å². The zero-order valence-electron chi connectivity index (χ0n) is 15.1. The molecule has 1 amide bonds. The van der Waals surface area contributed by atoms with Crippen LogP contribution in [0.5, 0.6) is 0 Å². The van der Waals surface area contributed by atoms with E-state index in [4.69, 9.17) is 0 Å². The second-order valence-corrected chi connectivity index (χ2v) is 7.35. The van der Waals surface area contributed by atoms with Gasteiger partial charge in [-0.3, -0.25) is 14.9 Å². The number of fused-ring (bicyclic) bond motifs is 1. The Bertz CT molecular complexity index is 903. The Balaban J connectivity index is 1.44. The molecular formula is C21H24N4O2. The summed E-state index contributed by atoms with van der Waals surface area (Å²) in [6, 6.07) is 9.97. The molecule has 1 aliphatic rings. The largest absolute Gasteiger partial charge is 0.393 e. The average molecular weight is 364 g/mol. The van der Waals surface area contributed by atoms with Crippen molar-refractivity contribution in [3.63, 3.8) is 0 Å². The summed E-state index contributed by atoms with van der Waals surface area (Å²) >= 11 is 0. The summed E-state index contributed by atoms with van der Waals surface area (Å²) in [6.45, 7) is 0. The van der Waals surface area contributed by atoms with Crippen molar-refractivity contribution in [1.29, 1.82) is 0 Å². The number of aromatic amines is 1. The summed E-state index contributed by atoms with van der Waals surface area (Å²) < 4.78 is 0. The number of nitrogens with one attached hydrogen (secondary N) is 2. The molecule has 0 spiro atoms. The maximum Gasteiger partial charge on any atom is 0.220 e. The second kappa shape index (κ2) is 7.88. The first-order valence-corrected chi connectivity index (χ1v) is 9.49. The van der Waals surface area contributed by atoms with Gasteiger partial charge in [-0.2, -0.15) is 5.10 Å². The maximum atomic E-state index is 12.5. The van der Waals surface area contributed by atoms with Gasteiger partial charge in [0.25, 0.3) is 0 Å². The Morgan fingerprint density at radius 2 is 2.15 bits per heavy atom. The van der Waals surface area contributed by atoms with E-state index in [1.54, 1.807) is 6.20 Å². The molecule has 0 radical (unpaired) electrons. The van der Waals surface area contributed by atoms with Crippen molar-refractivity contribution in [1.82, 2.24) is 20.5 Å². The highest BCUT2D eigenvalue weighted by atomic mass is 16.3. The lowest BCUT2D eigenvalue weighted by Crippen LogP contribution is -2.41. The number of para-hydroxylation sites is 1. The number of benzene rings is 1. The van der Waals surface area contributed by atoms with Gasteiger partial charge in [0.1, 0.15) is 0 Å². The number of aliphatic hydroxyl groups is 1. The summed E-state index contributed by atoms with van der Waals surface area (Å²) in [5.74, 6) is 0.291. The first-order valence-electron chi connectivity index (χ1n) is 9.49. The lowest BCUT2D eigenvalue weighted by molar-refractivity contribution is -0.123. The summed E-state index contributed by atoms with van der Waals surface area (Å²) in [7, 11) is 0. The highest BCUT2D eigenvalue weighted by Gasteiger charge is 2.35. The summed E-state index contributed by atoms with van der Waals surface area (Å²) in [6.07, 6.45) is 8.74. The quantitative estimate of drug-likeness (QED) is 0.601. The smallest absolute Gasteiger partial charge is 0.220 e. The third kappa shape index (κ3) is 4.17. The molecule has 1 atom stereocenters. The fourth-order valence-corrected chi connectivity index (χ4v) is 3.75. The van der Waals surface area contributed by atoms with E-state index in [0.717, 1.165) is 34.9 Å². The van der Waals surface area contributed by atoms with Crippen molar-refractivity contribution in [3.8, 4) is 0 Å². The Kier molecular flexibility index (Phi) is 5.16. The van der Waals surface area contributed by atoms with Crippen molar-refractivity contribution < 1.29 is 9.90 Å². The van der Waals surface area contributed by atoms with E-state index in [0.29, 0.717) is 19.3 Å². The van der Waals surface area contributed by atoms with E-state index >= 15 is 0 Å². The number of pyridine rings is 1. The van der Waals surface area contributed by atoms with Crippen LogP contribution in [0.3, 0.4) is 0 Å². The fourth-order valence-electron chi connectivity index (χ4n) is 3.75. The Labute approximate surface area is 158 Å². The third-order valence-corrected chi connectivity index (χ3v) is 5.33. The molecule has 27 heavy (non-hydrogen) atoms. The molecular weight excluding hydrogens is 340 g/mol. The second-order valence-electron chi connectivity index (χ2n) is 7.35. The SMILES string of the molecule is O=C(CCCc1cn[nH]c1)N[C@@H](c1cnc2ccccc2c1)C1CC(O)C1. The Morgan fingerprint density at radius 1 is 1.30 bits per heavy atom. The van der Waals surface area contributed by atoms with E-state index in [9.17, 15) is 9.90 Å². The van der Waals surface area contributed by atoms with Crippen LogP contribution in [0.4, 0.5) is 0 Å². The molecule has 3 aromatic rings. The number of rotatable bonds is 7. The fraction of sp³-hybridized carbons (Fsp3) is 0.381. The molecule has 4 rings (SSSR count). The zero-order valence-corrected chi connectivity index (χ0v) is 15.1. The van der Waals surface area contributed by atoms with Crippen LogP contribution in [-0.4, -0.2) is 32.3 Å². The van der Waals surface area contributed by atoms with E-state index < -0.39 is 0 Å². The van der Waals surface area contributed by atoms with Gasteiger partial charge in [-0.25, -0.2) is 0 Å². The Hall–Kier alpha value is -2.73. The number of aliphatic hydroxyl groups excluding tert-OH is 1. The van der Waals surface area contributed by atoms with Gasteiger partial charge in [0.15, 0.2) is 0 Å². The van der Waals surface area contributed by atoms with E-state index in [1.165, 1.54) is 0 Å². The van der Waals surface area contributed by atoms with Gasteiger partial charge >= 0.3 is 0 Å². The summed E-state index contributed by atoms with van der Waals surface area (Å²) in [5.41, 5.74) is 3.06. The first kappa shape index (κ1) is 17.7. The number of nitrogens with zero attached hydrogens (tertiary/aromatic N) is 2. The number of hydrogen-bond acceptors (Lipinski definition) is 4. The molecule has 3 N–H and O–H groups in total. The van der Waals surface area contributed by atoms with E-state index in [-0.39, 0.29) is 24.0 Å². The van der Waals surface area contributed by atoms with Gasteiger partial charge in [-0.1, -0.05) is 18.2 Å². The van der Waals surface area contributed by atoms with Crippen LogP contribution < -0.4 is 5.32 Å². The number of carbonyl (C=O) groups excluding carboxylic acids is 1. The lowest BCUT2D eigenvalue weighted by atomic mass is 9.75. The van der Waals surface area contributed by atoms with Crippen molar-refractivity contribution in [2.45, 2.75) is 44.2 Å². The molecule has 6 heteroatoms. The van der Waals surface area contributed by atoms with Gasteiger partial charge in [0, 0.05) is 24.2 Å². The minimum absolute atomic E-state index is 0.0399. The maximum absolute atomic E-state index is 12.5. The van der Waals surface area contributed by atoms with Gasteiger partial charge < -0.3 is 10.4 Å².